The fraction of sp³-hybridized carbons (Fsp3) is 0.318. The molecule has 0 amide bonds. The summed E-state index contributed by atoms with van der Waals surface area (Å²) in [4.78, 5) is 6.11. The van der Waals surface area contributed by atoms with Gasteiger partial charge in [-0.25, -0.2) is 4.98 Å². The first kappa shape index (κ1) is 21.5. The van der Waals surface area contributed by atoms with Crippen molar-refractivity contribution >= 4 is 39.1 Å². The maximum atomic E-state index is 14.1. The molecule has 0 saturated carbocycles. The van der Waals surface area contributed by atoms with Gasteiger partial charge in [0.1, 0.15) is 11.7 Å². The van der Waals surface area contributed by atoms with E-state index in [1.807, 2.05) is 30.3 Å². The van der Waals surface area contributed by atoms with Gasteiger partial charge in [-0.15, -0.1) is 10.2 Å². The molecule has 1 saturated heterocycles. The van der Waals surface area contributed by atoms with E-state index in [9.17, 15) is 13.2 Å². The molecule has 4 aromatic rings. The van der Waals surface area contributed by atoms with E-state index in [1.165, 1.54) is 17.2 Å². The molecule has 2 atom stereocenters. The molecule has 1 fully saturated rings. The number of benzene rings is 1. The number of pyridine rings is 2. The van der Waals surface area contributed by atoms with Crippen molar-refractivity contribution in [2.24, 2.45) is 5.73 Å². The number of aromatic nitrogens is 4. The van der Waals surface area contributed by atoms with Gasteiger partial charge < -0.3 is 5.73 Å². The van der Waals surface area contributed by atoms with E-state index in [4.69, 9.17) is 10.7 Å². The Morgan fingerprint density at radius 3 is 2.66 bits per heavy atom. The van der Waals surface area contributed by atoms with Crippen LogP contribution in [0.3, 0.4) is 0 Å². The average molecular weight is 552 g/mol. The molecule has 2 N–H and O–H groups in total. The Bertz CT molecular complexity index is 1320. The first-order valence-corrected chi connectivity index (χ1v) is 11.2. The molecule has 166 valence electrons. The summed E-state index contributed by atoms with van der Waals surface area (Å²) >= 11 is 2.21. The molecule has 4 heterocycles. The Kier molecular flexibility index (Phi) is 5.13. The first-order valence-electron chi connectivity index (χ1n) is 10.1. The van der Waals surface area contributed by atoms with Crippen LogP contribution in [0.4, 0.5) is 13.2 Å². The van der Waals surface area contributed by atoms with Crippen LogP contribution in [0.5, 0.6) is 0 Å². The summed E-state index contributed by atoms with van der Waals surface area (Å²) < 4.78 is 45.0. The molecule has 3 aromatic heterocycles. The molecule has 32 heavy (non-hydrogen) atoms. The van der Waals surface area contributed by atoms with Crippen LogP contribution in [0.1, 0.15) is 24.9 Å². The Balaban J connectivity index is 1.61. The monoisotopic (exact) mass is 552 g/mol. The molecule has 0 spiro atoms. The van der Waals surface area contributed by atoms with Gasteiger partial charge in [0, 0.05) is 33.8 Å². The van der Waals surface area contributed by atoms with E-state index in [1.54, 1.807) is 17.4 Å². The molecular weight excluding hydrogens is 532 g/mol. The second-order valence-electron chi connectivity index (χ2n) is 8.54. The fourth-order valence-electron chi connectivity index (χ4n) is 4.33. The van der Waals surface area contributed by atoms with E-state index in [0.717, 1.165) is 14.5 Å². The maximum Gasteiger partial charge on any atom is 0.408 e. The van der Waals surface area contributed by atoms with E-state index >= 15 is 0 Å². The van der Waals surface area contributed by atoms with Crippen LogP contribution in [0, 0.1) is 3.57 Å². The highest BCUT2D eigenvalue weighted by Crippen LogP contribution is 2.41. The van der Waals surface area contributed by atoms with Gasteiger partial charge in [0.2, 0.25) is 0 Å². The molecule has 0 unspecified atom stereocenters. The number of fused-ring (bicyclic) bond motifs is 2. The highest BCUT2D eigenvalue weighted by molar-refractivity contribution is 14.1. The maximum absolute atomic E-state index is 14.1. The SMILES string of the molecule is C[C@@]1(N)CCN([C@H](c2ccc3nnc(-c4ccc5cccc(I)c5n4)n3c2)C(F)(F)F)C1. The van der Waals surface area contributed by atoms with E-state index in [2.05, 4.69) is 32.8 Å². The molecular formula is C22H20F3IN6. The minimum Gasteiger partial charge on any atom is -0.324 e. The quantitative estimate of drug-likeness (QED) is 0.377. The lowest BCUT2D eigenvalue weighted by molar-refractivity contribution is -0.184. The minimum absolute atomic E-state index is 0.124. The number of hydrogen-bond donors (Lipinski definition) is 1. The van der Waals surface area contributed by atoms with E-state index in [0.29, 0.717) is 23.6 Å². The van der Waals surface area contributed by atoms with E-state index in [-0.39, 0.29) is 18.7 Å². The van der Waals surface area contributed by atoms with Crippen LogP contribution in [0.25, 0.3) is 28.1 Å². The number of nitrogens with zero attached hydrogens (tertiary/aromatic N) is 5. The van der Waals surface area contributed by atoms with Crippen molar-refractivity contribution in [3.63, 3.8) is 0 Å². The third-order valence-corrected chi connectivity index (χ3v) is 6.72. The van der Waals surface area contributed by atoms with Crippen molar-refractivity contribution in [3.05, 3.63) is 57.8 Å². The first-order chi connectivity index (χ1) is 15.1. The molecule has 1 aliphatic rings. The zero-order valence-electron chi connectivity index (χ0n) is 17.1. The number of alkyl halides is 3. The van der Waals surface area contributed by atoms with Crippen molar-refractivity contribution in [1.82, 2.24) is 24.5 Å². The van der Waals surface area contributed by atoms with Crippen LogP contribution in [0.2, 0.25) is 0 Å². The molecule has 6 nitrogen and oxygen atoms in total. The Morgan fingerprint density at radius 2 is 1.94 bits per heavy atom. The summed E-state index contributed by atoms with van der Waals surface area (Å²) in [5, 5.41) is 9.33. The number of hydrogen-bond acceptors (Lipinski definition) is 5. The standard InChI is InChI=1S/C22H20F3IN6/c1-21(27)9-10-31(12-21)19(22(23,24)25)14-6-8-17-29-30-20(32(17)11-14)16-7-5-13-3-2-4-15(26)18(13)28-16/h2-8,11,19H,9-10,12,27H2,1H3/t19-,21-/m1/s1. The van der Waals surface area contributed by atoms with Gasteiger partial charge in [0.25, 0.3) is 0 Å². The number of likely N-dealkylation sites (tertiary alicyclic amines) is 1. The number of para-hydroxylation sites is 1. The Labute approximate surface area is 195 Å². The molecule has 5 rings (SSSR count). The molecule has 1 aromatic carbocycles. The minimum atomic E-state index is -4.44. The predicted octanol–water partition coefficient (Wildman–Crippen LogP) is 4.58. The molecule has 10 heteroatoms. The molecule has 0 radical (unpaired) electrons. The second-order valence-corrected chi connectivity index (χ2v) is 9.70. The Morgan fingerprint density at radius 1 is 1.12 bits per heavy atom. The van der Waals surface area contributed by atoms with Crippen molar-refractivity contribution in [3.8, 4) is 11.5 Å². The number of nitrogens with two attached hydrogens (primary N) is 1. The van der Waals surface area contributed by atoms with Gasteiger partial charge in [-0.2, -0.15) is 13.2 Å². The number of halogens is 4. The smallest absolute Gasteiger partial charge is 0.324 e. The lowest BCUT2D eigenvalue weighted by Crippen LogP contribution is -2.43. The normalized spacial score (nSPS) is 20.9. The van der Waals surface area contributed by atoms with Crippen LogP contribution < -0.4 is 5.73 Å². The van der Waals surface area contributed by atoms with Gasteiger partial charge in [0.15, 0.2) is 11.5 Å². The highest BCUT2D eigenvalue weighted by Gasteiger charge is 2.48. The summed E-state index contributed by atoms with van der Waals surface area (Å²) in [5.74, 6) is 0.398. The topological polar surface area (TPSA) is 72.3 Å². The molecule has 1 aliphatic heterocycles. The summed E-state index contributed by atoms with van der Waals surface area (Å²) in [6.45, 7) is 2.25. The van der Waals surface area contributed by atoms with Gasteiger partial charge in [0.05, 0.1) is 5.52 Å². The Hall–Kier alpha value is -2.31. The molecule has 0 aliphatic carbocycles. The zero-order valence-corrected chi connectivity index (χ0v) is 19.3. The van der Waals surface area contributed by atoms with Crippen molar-refractivity contribution in [1.29, 1.82) is 0 Å². The lowest BCUT2D eigenvalue weighted by Gasteiger charge is -2.31. The zero-order chi connectivity index (χ0) is 22.7. The second kappa shape index (κ2) is 7.63. The lowest BCUT2D eigenvalue weighted by atomic mass is 10.0. The molecule has 0 bridgehead atoms. The van der Waals surface area contributed by atoms with Crippen molar-refractivity contribution in [2.45, 2.75) is 31.1 Å². The fourth-order valence-corrected chi connectivity index (χ4v) is 4.97. The van der Waals surface area contributed by atoms with Gasteiger partial charge >= 0.3 is 6.18 Å². The summed E-state index contributed by atoms with van der Waals surface area (Å²) in [6.07, 6.45) is -2.46. The van der Waals surface area contributed by atoms with Crippen LogP contribution >= 0.6 is 22.6 Å². The van der Waals surface area contributed by atoms with Crippen LogP contribution in [-0.2, 0) is 0 Å². The average Bonchev–Trinajstić information content (AvgIpc) is 3.30. The van der Waals surface area contributed by atoms with Crippen molar-refractivity contribution < 1.29 is 13.2 Å². The van der Waals surface area contributed by atoms with Gasteiger partial charge in [-0.05, 0) is 59.7 Å². The van der Waals surface area contributed by atoms with E-state index < -0.39 is 17.8 Å². The summed E-state index contributed by atoms with van der Waals surface area (Å²) in [7, 11) is 0. The van der Waals surface area contributed by atoms with Crippen molar-refractivity contribution in [2.75, 3.05) is 13.1 Å². The third-order valence-electron chi connectivity index (χ3n) is 5.85. The number of rotatable bonds is 3. The van der Waals surface area contributed by atoms with Crippen LogP contribution in [0.15, 0.2) is 48.7 Å². The predicted molar refractivity (Wildman–Crippen MR) is 124 cm³/mol. The largest absolute Gasteiger partial charge is 0.408 e. The summed E-state index contributed by atoms with van der Waals surface area (Å²) in [5.41, 5.74) is 7.42. The van der Waals surface area contributed by atoms with Gasteiger partial charge in [-0.1, -0.05) is 24.3 Å². The van der Waals surface area contributed by atoms with Crippen LogP contribution in [-0.4, -0.2) is 49.3 Å². The summed E-state index contributed by atoms with van der Waals surface area (Å²) in [6, 6.07) is 10.9. The highest BCUT2D eigenvalue weighted by atomic mass is 127. The van der Waals surface area contributed by atoms with Gasteiger partial charge in [-0.3, -0.25) is 9.30 Å². The third kappa shape index (κ3) is 3.84.